The lowest BCUT2D eigenvalue weighted by Gasteiger charge is -2.20. The molecule has 0 aliphatic heterocycles. The summed E-state index contributed by atoms with van der Waals surface area (Å²) in [5, 5.41) is 2.99. The van der Waals surface area contributed by atoms with Gasteiger partial charge in [-0.3, -0.25) is 4.79 Å². The molecule has 1 aromatic heterocycles. The van der Waals surface area contributed by atoms with Crippen LogP contribution in [0.25, 0.3) is 0 Å². The quantitative estimate of drug-likeness (QED) is 0.815. The highest BCUT2D eigenvalue weighted by Gasteiger charge is 2.15. The van der Waals surface area contributed by atoms with Crippen molar-refractivity contribution >= 4 is 11.7 Å². The Kier molecular flexibility index (Phi) is 4.28. The molecule has 4 nitrogen and oxygen atoms in total. The van der Waals surface area contributed by atoms with E-state index >= 15 is 0 Å². The minimum Gasteiger partial charge on any atom is -0.384 e. The first-order valence-corrected chi connectivity index (χ1v) is 5.57. The van der Waals surface area contributed by atoms with Crippen LogP contribution in [0.15, 0.2) is 18.3 Å². The predicted octanol–water partition coefficient (Wildman–Crippen LogP) is 1.83. The van der Waals surface area contributed by atoms with E-state index in [0.717, 1.165) is 6.42 Å². The zero-order chi connectivity index (χ0) is 12.1. The summed E-state index contributed by atoms with van der Waals surface area (Å²) in [7, 11) is 0. The van der Waals surface area contributed by atoms with E-state index in [1.54, 1.807) is 18.3 Å². The summed E-state index contributed by atoms with van der Waals surface area (Å²) in [5.41, 5.74) is 6.09. The van der Waals surface area contributed by atoms with Gasteiger partial charge in [0.2, 0.25) is 0 Å². The maximum atomic E-state index is 11.9. The fourth-order valence-corrected chi connectivity index (χ4v) is 1.58. The van der Waals surface area contributed by atoms with Crippen LogP contribution in [-0.2, 0) is 0 Å². The highest BCUT2D eigenvalue weighted by atomic mass is 16.1. The molecule has 88 valence electrons. The Morgan fingerprint density at radius 1 is 1.56 bits per heavy atom. The van der Waals surface area contributed by atoms with Gasteiger partial charge < -0.3 is 11.1 Å². The number of anilines is 1. The minimum absolute atomic E-state index is 0.0883. The van der Waals surface area contributed by atoms with Crippen molar-refractivity contribution in [2.45, 2.75) is 33.2 Å². The number of carbonyl (C=O) groups is 1. The van der Waals surface area contributed by atoms with E-state index in [-0.39, 0.29) is 11.9 Å². The van der Waals surface area contributed by atoms with Gasteiger partial charge in [0, 0.05) is 17.8 Å². The summed E-state index contributed by atoms with van der Waals surface area (Å²) in [6.07, 6.45) is 2.46. The van der Waals surface area contributed by atoms with Gasteiger partial charge in [-0.05, 0) is 24.5 Å². The fraction of sp³-hybridized carbons (Fsp3) is 0.500. The number of nitrogens with one attached hydrogen (secondary N) is 1. The average Bonchev–Trinajstić information content (AvgIpc) is 2.25. The third-order valence-electron chi connectivity index (χ3n) is 2.60. The van der Waals surface area contributed by atoms with E-state index in [1.807, 2.05) is 0 Å². The normalized spacial score (nSPS) is 12.5. The molecule has 0 aliphatic rings. The van der Waals surface area contributed by atoms with E-state index in [4.69, 9.17) is 5.73 Å². The van der Waals surface area contributed by atoms with Gasteiger partial charge >= 0.3 is 0 Å². The molecule has 3 N–H and O–H groups in total. The smallest absolute Gasteiger partial charge is 0.251 e. The summed E-state index contributed by atoms with van der Waals surface area (Å²) in [6, 6.07) is 3.45. The van der Waals surface area contributed by atoms with Gasteiger partial charge in [-0.2, -0.15) is 0 Å². The second-order valence-corrected chi connectivity index (χ2v) is 4.20. The van der Waals surface area contributed by atoms with E-state index < -0.39 is 0 Å². The molecule has 1 rings (SSSR count). The van der Waals surface area contributed by atoms with Crippen molar-refractivity contribution in [2.24, 2.45) is 5.92 Å². The van der Waals surface area contributed by atoms with Crippen LogP contribution in [0, 0.1) is 5.92 Å². The minimum atomic E-state index is -0.0883. The predicted molar refractivity (Wildman–Crippen MR) is 65.0 cm³/mol. The van der Waals surface area contributed by atoms with Crippen LogP contribution in [0.4, 0.5) is 5.82 Å². The second-order valence-electron chi connectivity index (χ2n) is 4.20. The van der Waals surface area contributed by atoms with Crippen LogP contribution >= 0.6 is 0 Å². The van der Waals surface area contributed by atoms with Gasteiger partial charge in [-0.1, -0.05) is 20.8 Å². The molecule has 0 saturated heterocycles. The Balaban J connectivity index is 2.72. The molecule has 0 fully saturated rings. The van der Waals surface area contributed by atoms with Crippen molar-refractivity contribution < 1.29 is 4.79 Å². The Morgan fingerprint density at radius 2 is 2.25 bits per heavy atom. The maximum Gasteiger partial charge on any atom is 0.251 e. The van der Waals surface area contributed by atoms with Crippen LogP contribution in [0.3, 0.4) is 0 Å². The number of hydrogen-bond donors (Lipinski definition) is 2. The van der Waals surface area contributed by atoms with E-state index in [9.17, 15) is 4.79 Å². The molecule has 16 heavy (non-hydrogen) atoms. The Labute approximate surface area is 96.3 Å². The first-order chi connectivity index (χ1) is 7.54. The van der Waals surface area contributed by atoms with Crippen molar-refractivity contribution in [2.75, 3.05) is 5.73 Å². The topological polar surface area (TPSA) is 68.0 Å². The molecule has 0 aliphatic carbocycles. The highest BCUT2D eigenvalue weighted by Crippen LogP contribution is 2.08. The molecule has 1 aromatic rings. The molecule has 1 atom stereocenters. The summed E-state index contributed by atoms with van der Waals surface area (Å²) in [4.78, 5) is 15.7. The fourth-order valence-electron chi connectivity index (χ4n) is 1.58. The third kappa shape index (κ3) is 3.22. The number of aromatic nitrogens is 1. The van der Waals surface area contributed by atoms with Crippen LogP contribution in [0.2, 0.25) is 0 Å². The molecule has 4 heteroatoms. The lowest BCUT2D eigenvalue weighted by molar-refractivity contribution is 0.0924. The number of nitrogen functional groups attached to an aromatic ring is 1. The molecule has 1 unspecified atom stereocenters. The Morgan fingerprint density at radius 3 is 2.75 bits per heavy atom. The molecular weight excluding hydrogens is 202 g/mol. The van der Waals surface area contributed by atoms with Crippen LogP contribution in [0.1, 0.15) is 37.6 Å². The van der Waals surface area contributed by atoms with Crippen LogP contribution in [0.5, 0.6) is 0 Å². The lowest BCUT2D eigenvalue weighted by atomic mass is 10.0. The molecule has 0 radical (unpaired) electrons. The van der Waals surface area contributed by atoms with Gasteiger partial charge in [0.15, 0.2) is 0 Å². The summed E-state index contributed by atoms with van der Waals surface area (Å²) >= 11 is 0. The molecule has 0 saturated carbocycles. The number of hydrogen-bond acceptors (Lipinski definition) is 3. The Bertz CT molecular complexity index is 363. The molecule has 1 heterocycles. The summed E-state index contributed by atoms with van der Waals surface area (Å²) in [5.74, 6) is 0.702. The van der Waals surface area contributed by atoms with Gasteiger partial charge in [0.05, 0.1) is 0 Å². The van der Waals surface area contributed by atoms with Gasteiger partial charge in [-0.15, -0.1) is 0 Å². The molecule has 1 amide bonds. The van der Waals surface area contributed by atoms with Gasteiger partial charge in [-0.25, -0.2) is 4.98 Å². The van der Waals surface area contributed by atoms with Crippen molar-refractivity contribution in [3.8, 4) is 0 Å². The van der Waals surface area contributed by atoms with Gasteiger partial charge in [0.25, 0.3) is 5.91 Å². The largest absolute Gasteiger partial charge is 0.384 e. The number of rotatable bonds is 4. The van der Waals surface area contributed by atoms with Crippen LogP contribution < -0.4 is 11.1 Å². The summed E-state index contributed by atoms with van der Waals surface area (Å²) < 4.78 is 0. The molecule has 0 aromatic carbocycles. The van der Waals surface area contributed by atoms with E-state index in [1.165, 1.54) is 0 Å². The first-order valence-electron chi connectivity index (χ1n) is 5.57. The maximum absolute atomic E-state index is 11.9. The number of pyridine rings is 1. The highest BCUT2D eigenvalue weighted by molar-refractivity contribution is 5.94. The summed E-state index contributed by atoms with van der Waals surface area (Å²) in [6.45, 7) is 6.25. The zero-order valence-corrected chi connectivity index (χ0v) is 10.0. The van der Waals surface area contributed by atoms with Crippen molar-refractivity contribution in [3.63, 3.8) is 0 Å². The molecule has 0 bridgehead atoms. The second kappa shape index (κ2) is 5.49. The number of carbonyl (C=O) groups excluding carboxylic acids is 1. The number of amides is 1. The average molecular weight is 221 g/mol. The number of nitrogens with two attached hydrogens (primary N) is 1. The molecule has 0 spiro atoms. The zero-order valence-electron chi connectivity index (χ0n) is 10.0. The van der Waals surface area contributed by atoms with Crippen molar-refractivity contribution in [3.05, 3.63) is 23.9 Å². The lowest BCUT2D eigenvalue weighted by Crippen LogP contribution is -2.38. The first kappa shape index (κ1) is 12.5. The Hall–Kier alpha value is -1.58. The third-order valence-corrected chi connectivity index (χ3v) is 2.60. The molecular formula is C12H19N3O. The van der Waals surface area contributed by atoms with E-state index in [2.05, 4.69) is 31.1 Å². The number of nitrogens with zero attached hydrogens (tertiary/aromatic N) is 1. The van der Waals surface area contributed by atoms with Crippen LogP contribution in [-0.4, -0.2) is 16.9 Å². The SMILES string of the molecule is CCC(NC(=O)c1ccnc(N)c1)C(C)C. The monoisotopic (exact) mass is 221 g/mol. The van der Waals surface area contributed by atoms with Gasteiger partial charge in [0.1, 0.15) is 5.82 Å². The van der Waals surface area contributed by atoms with Crippen molar-refractivity contribution in [1.29, 1.82) is 0 Å². The standard InChI is InChI=1S/C12H19N3O/c1-4-10(8(2)3)15-12(16)9-5-6-14-11(13)7-9/h5-8,10H,4H2,1-3H3,(H2,13,14)(H,15,16). The van der Waals surface area contributed by atoms with Crippen molar-refractivity contribution in [1.82, 2.24) is 10.3 Å². The van der Waals surface area contributed by atoms with E-state index in [0.29, 0.717) is 17.3 Å².